The first-order chi connectivity index (χ1) is 7.08. The smallest absolute Gasteiger partial charge is 0.101 e. The van der Waals surface area contributed by atoms with Crippen LogP contribution in [0.1, 0.15) is 38.8 Å². The molecule has 0 aliphatic rings. The van der Waals surface area contributed by atoms with Gasteiger partial charge in [0.1, 0.15) is 6.54 Å². The molecule has 0 aliphatic heterocycles. The van der Waals surface area contributed by atoms with E-state index in [0.717, 1.165) is 12.5 Å². The second-order valence-electron chi connectivity index (χ2n) is 5.10. The molecule has 0 spiro atoms. The molecular formula is C14H24N+. The van der Waals surface area contributed by atoms with Gasteiger partial charge in [-0.1, -0.05) is 38.1 Å². The molecule has 0 amide bonds. The summed E-state index contributed by atoms with van der Waals surface area (Å²) in [6.45, 7) is 10.1. The Labute approximate surface area is 93.9 Å². The number of benzene rings is 1. The number of quaternary nitrogens is 1. The second kappa shape index (κ2) is 5.92. The van der Waals surface area contributed by atoms with E-state index in [2.05, 4.69) is 57.3 Å². The summed E-state index contributed by atoms with van der Waals surface area (Å²) in [5.74, 6) is 0.748. The first-order valence-corrected chi connectivity index (χ1v) is 5.99. The fourth-order valence-corrected chi connectivity index (χ4v) is 1.65. The van der Waals surface area contributed by atoms with Gasteiger partial charge >= 0.3 is 0 Å². The van der Waals surface area contributed by atoms with E-state index in [1.54, 1.807) is 0 Å². The predicted molar refractivity (Wildman–Crippen MR) is 65.7 cm³/mol. The summed E-state index contributed by atoms with van der Waals surface area (Å²) in [6, 6.07) is 9.74. The van der Waals surface area contributed by atoms with Crippen LogP contribution < -0.4 is 5.32 Å². The molecule has 1 aromatic carbocycles. The van der Waals surface area contributed by atoms with Gasteiger partial charge in [0.2, 0.25) is 0 Å². The van der Waals surface area contributed by atoms with Crippen LogP contribution >= 0.6 is 0 Å². The van der Waals surface area contributed by atoms with Gasteiger partial charge in [0.15, 0.2) is 0 Å². The number of hydrogen-bond acceptors (Lipinski definition) is 0. The van der Waals surface area contributed by atoms with Crippen LogP contribution in [0.15, 0.2) is 24.3 Å². The fraction of sp³-hybridized carbons (Fsp3) is 0.571. The van der Waals surface area contributed by atoms with Gasteiger partial charge in [-0.25, -0.2) is 0 Å². The molecule has 1 aromatic rings. The SMILES string of the molecule is CC(C)Cc1ccc(C[NH2+]C(C)C)cc1. The third-order valence-corrected chi connectivity index (χ3v) is 2.49. The molecule has 1 nitrogen and oxygen atoms in total. The monoisotopic (exact) mass is 206 g/mol. The molecule has 0 heterocycles. The van der Waals surface area contributed by atoms with Crippen molar-refractivity contribution in [2.24, 2.45) is 5.92 Å². The maximum Gasteiger partial charge on any atom is 0.101 e. The summed E-state index contributed by atoms with van der Waals surface area (Å²) in [6.07, 6.45) is 1.19. The van der Waals surface area contributed by atoms with Crippen LogP contribution in [0.5, 0.6) is 0 Å². The minimum atomic E-state index is 0.681. The van der Waals surface area contributed by atoms with Gasteiger partial charge in [0, 0.05) is 5.56 Å². The lowest BCUT2D eigenvalue weighted by molar-refractivity contribution is -0.698. The van der Waals surface area contributed by atoms with Gasteiger partial charge in [-0.05, 0) is 31.7 Å². The van der Waals surface area contributed by atoms with Crippen LogP contribution in [-0.2, 0) is 13.0 Å². The molecular weight excluding hydrogens is 182 g/mol. The maximum atomic E-state index is 2.36. The lowest BCUT2D eigenvalue weighted by atomic mass is 10.0. The van der Waals surface area contributed by atoms with Crippen LogP contribution in [0, 0.1) is 5.92 Å². The van der Waals surface area contributed by atoms with E-state index in [9.17, 15) is 0 Å². The van der Waals surface area contributed by atoms with Crippen LogP contribution in [0.4, 0.5) is 0 Å². The zero-order valence-corrected chi connectivity index (χ0v) is 10.5. The molecule has 0 aromatic heterocycles. The first kappa shape index (κ1) is 12.3. The standard InChI is InChI=1S/C14H23N/c1-11(2)9-13-5-7-14(8-6-13)10-15-12(3)4/h5-8,11-12,15H,9-10H2,1-4H3/p+1. The van der Waals surface area contributed by atoms with Gasteiger partial charge in [-0.15, -0.1) is 0 Å². The van der Waals surface area contributed by atoms with E-state index in [-0.39, 0.29) is 0 Å². The Hall–Kier alpha value is -0.820. The molecule has 0 fully saturated rings. The molecule has 1 heteroatoms. The second-order valence-corrected chi connectivity index (χ2v) is 5.10. The number of rotatable bonds is 5. The van der Waals surface area contributed by atoms with Crippen LogP contribution in [-0.4, -0.2) is 6.04 Å². The van der Waals surface area contributed by atoms with Crippen LogP contribution in [0.2, 0.25) is 0 Å². The van der Waals surface area contributed by atoms with E-state index in [1.807, 2.05) is 0 Å². The van der Waals surface area contributed by atoms with Crippen LogP contribution in [0.3, 0.4) is 0 Å². The minimum Gasteiger partial charge on any atom is -0.341 e. The summed E-state index contributed by atoms with van der Waals surface area (Å²) in [5.41, 5.74) is 2.88. The highest BCUT2D eigenvalue weighted by atomic mass is 14.9. The van der Waals surface area contributed by atoms with Gasteiger partial charge in [0.05, 0.1) is 6.04 Å². The Kier molecular flexibility index (Phi) is 4.83. The summed E-state index contributed by atoms with van der Waals surface area (Å²) in [4.78, 5) is 0. The topological polar surface area (TPSA) is 16.6 Å². The van der Waals surface area contributed by atoms with Crippen molar-refractivity contribution in [3.63, 3.8) is 0 Å². The Morgan fingerprint density at radius 1 is 0.933 bits per heavy atom. The van der Waals surface area contributed by atoms with E-state index in [0.29, 0.717) is 6.04 Å². The Morgan fingerprint density at radius 3 is 1.93 bits per heavy atom. The van der Waals surface area contributed by atoms with E-state index >= 15 is 0 Å². The average molecular weight is 206 g/mol. The van der Waals surface area contributed by atoms with Crippen LogP contribution in [0.25, 0.3) is 0 Å². The van der Waals surface area contributed by atoms with Crippen molar-refractivity contribution in [3.8, 4) is 0 Å². The zero-order valence-electron chi connectivity index (χ0n) is 10.5. The lowest BCUT2D eigenvalue weighted by Gasteiger charge is -2.07. The number of nitrogens with two attached hydrogens (primary N) is 1. The molecule has 0 aliphatic carbocycles. The quantitative estimate of drug-likeness (QED) is 0.761. The van der Waals surface area contributed by atoms with Gasteiger partial charge in [-0.2, -0.15) is 0 Å². The Morgan fingerprint density at radius 2 is 1.47 bits per heavy atom. The summed E-state index contributed by atoms with van der Waals surface area (Å²) >= 11 is 0. The van der Waals surface area contributed by atoms with Crippen molar-refractivity contribution in [2.45, 2.75) is 46.7 Å². The van der Waals surface area contributed by atoms with Crippen molar-refractivity contribution in [3.05, 3.63) is 35.4 Å². The normalized spacial score (nSPS) is 11.3. The Bertz CT molecular complexity index is 272. The summed E-state index contributed by atoms with van der Waals surface area (Å²) < 4.78 is 0. The highest BCUT2D eigenvalue weighted by Gasteiger charge is 2.00. The summed E-state index contributed by atoms with van der Waals surface area (Å²) in [7, 11) is 0. The van der Waals surface area contributed by atoms with Gasteiger partial charge in [-0.3, -0.25) is 0 Å². The molecule has 15 heavy (non-hydrogen) atoms. The largest absolute Gasteiger partial charge is 0.341 e. The maximum absolute atomic E-state index is 2.36. The molecule has 0 unspecified atom stereocenters. The lowest BCUT2D eigenvalue weighted by Crippen LogP contribution is -2.86. The molecule has 0 saturated carbocycles. The number of hydrogen-bond donors (Lipinski definition) is 1. The van der Waals surface area contributed by atoms with Crippen molar-refractivity contribution in [1.82, 2.24) is 0 Å². The van der Waals surface area contributed by atoms with Crippen molar-refractivity contribution >= 4 is 0 Å². The van der Waals surface area contributed by atoms with Gasteiger partial charge < -0.3 is 5.32 Å². The van der Waals surface area contributed by atoms with Crippen molar-refractivity contribution in [2.75, 3.05) is 0 Å². The molecule has 84 valence electrons. The van der Waals surface area contributed by atoms with E-state index in [4.69, 9.17) is 0 Å². The molecule has 1 rings (SSSR count). The zero-order chi connectivity index (χ0) is 11.3. The molecule has 0 saturated heterocycles. The molecule has 0 radical (unpaired) electrons. The third-order valence-electron chi connectivity index (χ3n) is 2.49. The molecule has 0 bridgehead atoms. The van der Waals surface area contributed by atoms with E-state index in [1.165, 1.54) is 17.5 Å². The average Bonchev–Trinajstić information content (AvgIpc) is 2.16. The van der Waals surface area contributed by atoms with Crippen molar-refractivity contribution in [1.29, 1.82) is 0 Å². The van der Waals surface area contributed by atoms with Crippen molar-refractivity contribution < 1.29 is 5.32 Å². The third kappa shape index (κ3) is 4.98. The highest BCUT2D eigenvalue weighted by molar-refractivity contribution is 5.22. The first-order valence-electron chi connectivity index (χ1n) is 5.99. The van der Waals surface area contributed by atoms with E-state index < -0.39 is 0 Å². The minimum absolute atomic E-state index is 0.681. The predicted octanol–water partition coefficient (Wildman–Crippen LogP) is 2.36. The summed E-state index contributed by atoms with van der Waals surface area (Å²) in [5, 5.41) is 2.36. The molecule has 2 N–H and O–H groups in total. The van der Waals surface area contributed by atoms with Gasteiger partial charge in [0.25, 0.3) is 0 Å². The fourth-order valence-electron chi connectivity index (χ4n) is 1.65. The molecule has 0 atom stereocenters. The Balaban J connectivity index is 2.49. The highest BCUT2D eigenvalue weighted by Crippen LogP contribution is 2.09.